The van der Waals surface area contributed by atoms with E-state index >= 15 is 0 Å². The van der Waals surface area contributed by atoms with E-state index in [4.69, 9.17) is 11.6 Å². The van der Waals surface area contributed by atoms with E-state index in [2.05, 4.69) is 20.6 Å². The number of carbonyl (C=O) groups excluding carboxylic acids is 1. The summed E-state index contributed by atoms with van der Waals surface area (Å²) in [7, 11) is 0. The zero-order valence-electron chi connectivity index (χ0n) is 14.5. The van der Waals surface area contributed by atoms with Crippen molar-refractivity contribution in [2.24, 2.45) is 0 Å². The Balaban J connectivity index is 1.72. The molecule has 1 amide bonds. The molecule has 26 heavy (non-hydrogen) atoms. The van der Waals surface area contributed by atoms with Crippen LogP contribution in [0.25, 0.3) is 0 Å². The standard InChI is InChI=1S/C20H19ClN4O/c1-13-9-16(12-22-11-13)20(26)24-17-6-3-5-15(10-17)14(2)23-19-8-4-7-18(21)25-19/h3-12,14H,1-2H3,(H,23,25)(H,24,26)/t14-/m0/s1. The van der Waals surface area contributed by atoms with E-state index in [1.54, 1.807) is 24.5 Å². The Labute approximate surface area is 157 Å². The van der Waals surface area contributed by atoms with Crippen LogP contribution in [-0.4, -0.2) is 15.9 Å². The van der Waals surface area contributed by atoms with Crippen LogP contribution in [0.5, 0.6) is 0 Å². The van der Waals surface area contributed by atoms with Crippen LogP contribution in [0.15, 0.2) is 60.9 Å². The van der Waals surface area contributed by atoms with Gasteiger partial charge in [0.2, 0.25) is 0 Å². The van der Waals surface area contributed by atoms with Gasteiger partial charge in [-0.05, 0) is 55.3 Å². The summed E-state index contributed by atoms with van der Waals surface area (Å²) in [6, 6.07) is 14.9. The Morgan fingerprint density at radius 2 is 1.92 bits per heavy atom. The zero-order chi connectivity index (χ0) is 18.5. The molecule has 0 unspecified atom stereocenters. The maximum atomic E-state index is 12.4. The quantitative estimate of drug-likeness (QED) is 0.632. The third kappa shape index (κ3) is 4.58. The van der Waals surface area contributed by atoms with Gasteiger partial charge in [0.25, 0.3) is 5.91 Å². The van der Waals surface area contributed by atoms with Crippen LogP contribution in [-0.2, 0) is 0 Å². The van der Waals surface area contributed by atoms with Gasteiger partial charge in [-0.3, -0.25) is 9.78 Å². The molecule has 6 heteroatoms. The number of amides is 1. The molecule has 0 spiro atoms. The van der Waals surface area contributed by atoms with Gasteiger partial charge in [-0.25, -0.2) is 4.98 Å². The number of anilines is 2. The van der Waals surface area contributed by atoms with Crippen LogP contribution in [0, 0.1) is 6.92 Å². The molecule has 0 saturated carbocycles. The number of hydrogen-bond acceptors (Lipinski definition) is 4. The summed E-state index contributed by atoms with van der Waals surface area (Å²) in [5.41, 5.74) is 3.22. The van der Waals surface area contributed by atoms with Gasteiger partial charge in [0.05, 0.1) is 11.6 Å². The number of halogens is 1. The zero-order valence-corrected chi connectivity index (χ0v) is 15.3. The molecular weight excluding hydrogens is 348 g/mol. The highest BCUT2D eigenvalue weighted by atomic mass is 35.5. The van der Waals surface area contributed by atoms with Crippen molar-refractivity contribution < 1.29 is 4.79 Å². The number of benzene rings is 1. The van der Waals surface area contributed by atoms with Crippen LogP contribution in [0.4, 0.5) is 11.5 Å². The first kappa shape index (κ1) is 17.9. The number of aryl methyl sites for hydroxylation is 1. The summed E-state index contributed by atoms with van der Waals surface area (Å²) in [6.07, 6.45) is 3.27. The minimum Gasteiger partial charge on any atom is -0.364 e. The molecule has 2 N–H and O–H groups in total. The number of carbonyl (C=O) groups is 1. The van der Waals surface area contributed by atoms with Crippen molar-refractivity contribution in [3.63, 3.8) is 0 Å². The van der Waals surface area contributed by atoms with E-state index in [0.717, 1.165) is 16.8 Å². The van der Waals surface area contributed by atoms with Gasteiger partial charge in [0, 0.05) is 18.1 Å². The van der Waals surface area contributed by atoms with Crippen LogP contribution in [0.3, 0.4) is 0 Å². The van der Waals surface area contributed by atoms with Crippen molar-refractivity contribution in [2.75, 3.05) is 10.6 Å². The van der Waals surface area contributed by atoms with Crippen molar-refractivity contribution in [1.29, 1.82) is 0 Å². The molecule has 5 nitrogen and oxygen atoms in total. The normalized spacial score (nSPS) is 11.7. The van der Waals surface area contributed by atoms with E-state index in [9.17, 15) is 4.79 Å². The summed E-state index contributed by atoms with van der Waals surface area (Å²) in [5, 5.41) is 6.65. The molecule has 2 heterocycles. The molecule has 0 bridgehead atoms. The Bertz CT molecular complexity index is 929. The van der Waals surface area contributed by atoms with Crippen LogP contribution in [0.2, 0.25) is 5.15 Å². The average Bonchev–Trinajstić information content (AvgIpc) is 2.62. The topological polar surface area (TPSA) is 66.9 Å². The summed E-state index contributed by atoms with van der Waals surface area (Å²) in [6.45, 7) is 3.93. The number of aromatic nitrogens is 2. The summed E-state index contributed by atoms with van der Waals surface area (Å²) < 4.78 is 0. The summed E-state index contributed by atoms with van der Waals surface area (Å²) >= 11 is 5.92. The van der Waals surface area contributed by atoms with Crippen molar-refractivity contribution in [1.82, 2.24) is 9.97 Å². The smallest absolute Gasteiger partial charge is 0.257 e. The largest absolute Gasteiger partial charge is 0.364 e. The number of hydrogen-bond donors (Lipinski definition) is 2. The Kier molecular flexibility index (Phi) is 5.49. The van der Waals surface area contributed by atoms with Gasteiger partial charge in [-0.2, -0.15) is 0 Å². The molecule has 132 valence electrons. The number of rotatable bonds is 5. The van der Waals surface area contributed by atoms with Crippen LogP contribution in [0.1, 0.15) is 34.5 Å². The van der Waals surface area contributed by atoms with Gasteiger partial charge >= 0.3 is 0 Å². The van der Waals surface area contributed by atoms with Crippen molar-refractivity contribution in [3.05, 3.63) is 82.8 Å². The fraction of sp³-hybridized carbons (Fsp3) is 0.150. The first-order valence-corrected chi connectivity index (χ1v) is 8.61. The van der Waals surface area contributed by atoms with Gasteiger partial charge in [-0.15, -0.1) is 0 Å². The lowest BCUT2D eigenvalue weighted by Gasteiger charge is -2.16. The highest BCUT2D eigenvalue weighted by Crippen LogP contribution is 2.22. The monoisotopic (exact) mass is 366 g/mol. The van der Waals surface area contributed by atoms with Gasteiger partial charge in [0.15, 0.2) is 0 Å². The molecule has 0 fully saturated rings. The molecule has 0 saturated heterocycles. The van der Waals surface area contributed by atoms with Crippen molar-refractivity contribution in [2.45, 2.75) is 19.9 Å². The molecule has 0 aliphatic rings. The maximum absolute atomic E-state index is 12.4. The van der Waals surface area contributed by atoms with E-state index < -0.39 is 0 Å². The van der Waals surface area contributed by atoms with Gasteiger partial charge in [0.1, 0.15) is 11.0 Å². The molecule has 0 aliphatic carbocycles. The van der Waals surface area contributed by atoms with E-state index in [-0.39, 0.29) is 11.9 Å². The molecule has 1 aromatic carbocycles. The molecule has 0 radical (unpaired) electrons. The second kappa shape index (κ2) is 7.97. The highest BCUT2D eigenvalue weighted by molar-refractivity contribution is 6.29. The molecule has 1 atom stereocenters. The molecule has 3 rings (SSSR count). The third-order valence-electron chi connectivity index (χ3n) is 3.86. The lowest BCUT2D eigenvalue weighted by molar-refractivity contribution is 0.102. The summed E-state index contributed by atoms with van der Waals surface area (Å²) in [5.74, 6) is 0.515. The van der Waals surface area contributed by atoms with Crippen LogP contribution < -0.4 is 10.6 Å². The van der Waals surface area contributed by atoms with E-state index in [1.165, 1.54) is 0 Å². The predicted octanol–water partition coefficient (Wildman–Crippen LogP) is 4.86. The van der Waals surface area contributed by atoms with E-state index in [1.807, 2.05) is 50.2 Å². The first-order valence-electron chi connectivity index (χ1n) is 8.23. The first-order chi connectivity index (χ1) is 12.5. The fourth-order valence-electron chi connectivity index (χ4n) is 2.56. The summed E-state index contributed by atoms with van der Waals surface area (Å²) in [4.78, 5) is 20.7. The average molecular weight is 367 g/mol. The highest BCUT2D eigenvalue weighted by Gasteiger charge is 2.10. The fourth-order valence-corrected chi connectivity index (χ4v) is 2.73. The number of nitrogens with zero attached hydrogens (tertiary/aromatic N) is 2. The second-order valence-electron chi connectivity index (χ2n) is 6.04. The predicted molar refractivity (Wildman–Crippen MR) is 105 cm³/mol. The third-order valence-corrected chi connectivity index (χ3v) is 4.07. The Morgan fingerprint density at radius 1 is 1.12 bits per heavy atom. The lowest BCUT2D eigenvalue weighted by Crippen LogP contribution is -2.13. The minimum absolute atomic E-state index is 0.00143. The van der Waals surface area contributed by atoms with Gasteiger partial charge < -0.3 is 10.6 Å². The minimum atomic E-state index is -0.185. The second-order valence-corrected chi connectivity index (χ2v) is 6.43. The maximum Gasteiger partial charge on any atom is 0.257 e. The molecule has 0 aliphatic heterocycles. The van der Waals surface area contributed by atoms with Crippen molar-refractivity contribution in [3.8, 4) is 0 Å². The van der Waals surface area contributed by atoms with Crippen molar-refractivity contribution >= 4 is 29.0 Å². The Hall–Kier alpha value is -2.92. The van der Waals surface area contributed by atoms with E-state index in [0.29, 0.717) is 16.5 Å². The van der Waals surface area contributed by atoms with Crippen LogP contribution >= 0.6 is 11.6 Å². The number of pyridine rings is 2. The molecule has 2 aromatic heterocycles. The number of nitrogens with one attached hydrogen (secondary N) is 2. The molecule has 3 aromatic rings. The Morgan fingerprint density at radius 3 is 2.69 bits per heavy atom. The van der Waals surface area contributed by atoms with Gasteiger partial charge in [-0.1, -0.05) is 29.8 Å². The lowest BCUT2D eigenvalue weighted by atomic mass is 10.1. The molecular formula is C20H19ClN4O. The SMILES string of the molecule is Cc1cncc(C(=O)Nc2cccc([C@H](C)Nc3cccc(Cl)n3)c2)c1.